The second-order valence-corrected chi connectivity index (χ2v) is 4.62. The van der Waals surface area contributed by atoms with E-state index >= 15 is 0 Å². The van der Waals surface area contributed by atoms with Crippen molar-refractivity contribution < 1.29 is 9.47 Å². The first-order valence-corrected chi connectivity index (χ1v) is 6.88. The molecular weight excluding hydrogens is 254 g/mol. The lowest BCUT2D eigenvalue weighted by atomic mass is 10.2. The lowest BCUT2D eigenvalue weighted by molar-refractivity contribution is 0.394. The Morgan fingerprint density at radius 2 is 2.10 bits per heavy atom. The molecule has 0 aliphatic carbocycles. The van der Waals surface area contributed by atoms with Crippen LogP contribution in [0.2, 0.25) is 0 Å². The van der Waals surface area contributed by atoms with Gasteiger partial charge in [0.25, 0.3) is 0 Å². The third kappa shape index (κ3) is 3.98. The highest BCUT2D eigenvalue weighted by Crippen LogP contribution is 2.22. The van der Waals surface area contributed by atoms with Gasteiger partial charge in [-0.05, 0) is 25.0 Å². The summed E-state index contributed by atoms with van der Waals surface area (Å²) in [5, 5.41) is 4.24. The molecule has 0 atom stereocenters. The number of benzene rings is 1. The van der Waals surface area contributed by atoms with Crippen molar-refractivity contribution in [2.75, 3.05) is 20.8 Å². The predicted molar refractivity (Wildman–Crippen MR) is 81.0 cm³/mol. The van der Waals surface area contributed by atoms with E-state index in [4.69, 9.17) is 9.47 Å². The maximum absolute atomic E-state index is 5.32. The lowest BCUT2D eigenvalue weighted by Gasteiger charge is -2.07. The van der Waals surface area contributed by atoms with E-state index < -0.39 is 0 Å². The van der Waals surface area contributed by atoms with Gasteiger partial charge in [0.2, 0.25) is 0 Å². The van der Waals surface area contributed by atoms with Gasteiger partial charge in [-0.3, -0.25) is 10.4 Å². The van der Waals surface area contributed by atoms with E-state index in [1.54, 1.807) is 20.4 Å². The molecule has 0 aromatic heterocycles. The summed E-state index contributed by atoms with van der Waals surface area (Å²) in [4.78, 5) is 4.46. The summed E-state index contributed by atoms with van der Waals surface area (Å²) in [6.45, 7) is 0.893. The Bertz CT molecular complexity index is 498. The molecule has 2 rings (SSSR count). The van der Waals surface area contributed by atoms with Crippen LogP contribution in [0.3, 0.4) is 0 Å². The topological polar surface area (TPSA) is 55.2 Å². The third-order valence-electron chi connectivity index (χ3n) is 3.21. The molecule has 0 amide bonds. The van der Waals surface area contributed by atoms with E-state index in [-0.39, 0.29) is 0 Å². The Labute approximate surface area is 119 Å². The zero-order valence-corrected chi connectivity index (χ0v) is 12.1. The number of rotatable bonds is 4. The second-order valence-electron chi connectivity index (χ2n) is 4.62. The molecule has 0 saturated carbocycles. The molecule has 0 fully saturated rings. The molecule has 1 aromatic carbocycles. The zero-order valence-electron chi connectivity index (χ0n) is 12.1. The van der Waals surface area contributed by atoms with Gasteiger partial charge in [0, 0.05) is 24.6 Å². The van der Waals surface area contributed by atoms with Crippen LogP contribution >= 0.6 is 0 Å². The van der Waals surface area contributed by atoms with Crippen molar-refractivity contribution >= 4 is 12.1 Å². The predicted octanol–water partition coefficient (Wildman–Crippen LogP) is 2.60. The minimum atomic E-state index is 0.734. The fourth-order valence-electron chi connectivity index (χ4n) is 2.07. The summed E-state index contributed by atoms with van der Waals surface area (Å²) in [5.41, 5.74) is 3.92. The summed E-state index contributed by atoms with van der Waals surface area (Å²) in [5.74, 6) is 2.46. The quantitative estimate of drug-likeness (QED) is 0.679. The Morgan fingerprint density at radius 1 is 1.20 bits per heavy atom. The molecule has 1 aromatic rings. The number of hydrazone groups is 1. The minimum Gasteiger partial charge on any atom is -0.497 e. The van der Waals surface area contributed by atoms with E-state index in [2.05, 4.69) is 15.5 Å². The molecule has 20 heavy (non-hydrogen) atoms. The van der Waals surface area contributed by atoms with E-state index in [1.165, 1.54) is 19.3 Å². The first kappa shape index (κ1) is 14.4. The number of nitrogens with one attached hydrogen (secondary N) is 1. The number of hydrogen-bond acceptors (Lipinski definition) is 5. The van der Waals surface area contributed by atoms with Crippen LogP contribution in [0.25, 0.3) is 0 Å². The molecule has 0 radical (unpaired) electrons. The van der Waals surface area contributed by atoms with Gasteiger partial charge in [0.1, 0.15) is 17.3 Å². The van der Waals surface area contributed by atoms with Crippen LogP contribution in [0, 0.1) is 0 Å². The van der Waals surface area contributed by atoms with Crippen LogP contribution in [-0.4, -0.2) is 32.8 Å². The van der Waals surface area contributed by atoms with Gasteiger partial charge >= 0.3 is 0 Å². The highest BCUT2D eigenvalue weighted by molar-refractivity contribution is 5.87. The number of methoxy groups -OCH3 is 2. The molecule has 1 heterocycles. The summed E-state index contributed by atoms with van der Waals surface area (Å²) in [6.07, 6.45) is 6.29. The van der Waals surface area contributed by atoms with Gasteiger partial charge in [-0.1, -0.05) is 6.42 Å². The monoisotopic (exact) mass is 275 g/mol. The normalized spacial score (nSPS) is 15.6. The molecule has 1 N–H and O–H groups in total. The second kappa shape index (κ2) is 7.53. The van der Waals surface area contributed by atoms with Crippen molar-refractivity contribution in [2.24, 2.45) is 10.1 Å². The molecule has 1 aliphatic heterocycles. The number of amidine groups is 1. The van der Waals surface area contributed by atoms with Gasteiger partial charge in [-0.15, -0.1) is 0 Å². The summed E-state index contributed by atoms with van der Waals surface area (Å²) >= 11 is 0. The summed E-state index contributed by atoms with van der Waals surface area (Å²) in [6, 6.07) is 5.63. The van der Waals surface area contributed by atoms with Crippen LogP contribution in [0.4, 0.5) is 0 Å². The smallest absolute Gasteiger partial charge is 0.131 e. The maximum Gasteiger partial charge on any atom is 0.131 e. The van der Waals surface area contributed by atoms with Crippen LogP contribution in [-0.2, 0) is 0 Å². The van der Waals surface area contributed by atoms with Crippen LogP contribution in [0.5, 0.6) is 11.5 Å². The van der Waals surface area contributed by atoms with Crippen molar-refractivity contribution in [2.45, 2.75) is 25.7 Å². The molecule has 1 aliphatic rings. The van der Waals surface area contributed by atoms with Gasteiger partial charge < -0.3 is 9.47 Å². The van der Waals surface area contributed by atoms with Crippen molar-refractivity contribution in [1.29, 1.82) is 0 Å². The lowest BCUT2D eigenvalue weighted by Crippen LogP contribution is -2.17. The molecule has 5 nitrogen and oxygen atoms in total. The Morgan fingerprint density at radius 3 is 2.90 bits per heavy atom. The number of hydrogen-bond donors (Lipinski definition) is 1. The molecule has 0 unspecified atom stereocenters. The molecular formula is C15H21N3O2. The average Bonchev–Trinajstić information content (AvgIpc) is 2.76. The van der Waals surface area contributed by atoms with Crippen molar-refractivity contribution in [1.82, 2.24) is 5.43 Å². The molecule has 0 bridgehead atoms. The van der Waals surface area contributed by atoms with Crippen LogP contribution in [0.15, 0.2) is 28.3 Å². The maximum atomic E-state index is 5.32. The van der Waals surface area contributed by atoms with E-state index in [1.807, 2.05) is 18.2 Å². The minimum absolute atomic E-state index is 0.734. The highest BCUT2D eigenvalue weighted by atomic mass is 16.5. The summed E-state index contributed by atoms with van der Waals surface area (Å²) in [7, 11) is 3.27. The molecule has 5 heteroatoms. The molecule has 108 valence electrons. The highest BCUT2D eigenvalue weighted by Gasteiger charge is 2.04. The number of aliphatic imine (C=N–C) groups is 1. The van der Waals surface area contributed by atoms with Gasteiger partial charge in [-0.2, -0.15) is 5.10 Å². The standard InChI is InChI=1S/C15H21N3O2/c1-19-13-8-7-12(14(10-13)20-2)11-17-18-15-6-4-3-5-9-16-15/h7-8,10-11H,3-6,9H2,1-2H3,(H,16,18)/b17-11+. The van der Waals surface area contributed by atoms with Gasteiger partial charge in [0.05, 0.1) is 20.4 Å². The fourth-order valence-corrected chi connectivity index (χ4v) is 2.07. The SMILES string of the molecule is COc1ccc(/C=N/NC2=NCCCCC2)c(OC)c1. The first-order valence-electron chi connectivity index (χ1n) is 6.88. The number of ether oxygens (including phenoxy) is 2. The third-order valence-corrected chi connectivity index (χ3v) is 3.21. The largest absolute Gasteiger partial charge is 0.497 e. The fraction of sp³-hybridized carbons (Fsp3) is 0.467. The van der Waals surface area contributed by atoms with E-state index in [0.717, 1.165) is 35.9 Å². The van der Waals surface area contributed by atoms with Crippen molar-refractivity contribution in [3.8, 4) is 11.5 Å². The molecule has 0 spiro atoms. The Balaban J connectivity index is 2.01. The van der Waals surface area contributed by atoms with Crippen LogP contribution < -0.4 is 14.9 Å². The average molecular weight is 275 g/mol. The van der Waals surface area contributed by atoms with Crippen molar-refractivity contribution in [3.63, 3.8) is 0 Å². The van der Waals surface area contributed by atoms with Gasteiger partial charge in [-0.25, -0.2) is 0 Å². The molecule has 0 saturated heterocycles. The van der Waals surface area contributed by atoms with Gasteiger partial charge in [0.15, 0.2) is 0 Å². The Kier molecular flexibility index (Phi) is 5.41. The van der Waals surface area contributed by atoms with Crippen molar-refractivity contribution in [3.05, 3.63) is 23.8 Å². The summed E-state index contributed by atoms with van der Waals surface area (Å²) < 4.78 is 10.5. The first-order chi connectivity index (χ1) is 9.83. The van der Waals surface area contributed by atoms with E-state index in [9.17, 15) is 0 Å². The zero-order chi connectivity index (χ0) is 14.2. The van der Waals surface area contributed by atoms with E-state index in [0.29, 0.717) is 0 Å². The Hall–Kier alpha value is -2.04. The number of nitrogens with zero attached hydrogens (tertiary/aromatic N) is 2. The van der Waals surface area contributed by atoms with Crippen LogP contribution in [0.1, 0.15) is 31.2 Å².